The smallest absolute Gasteiger partial charge is 0.114 e. The summed E-state index contributed by atoms with van der Waals surface area (Å²) < 4.78 is 4.42. The second-order valence-electron chi connectivity index (χ2n) is 8.59. The van der Waals surface area contributed by atoms with Gasteiger partial charge < -0.3 is 14.2 Å². The summed E-state index contributed by atoms with van der Waals surface area (Å²) in [5, 5.41) is 13.7. The van der Waals surface area contributed by atoms with Crippen molar-refractivity contribution in [2.24, 2.45) is 0 Å². The van der Waals surface area contributed by atoms with Crippen LogP contribution in [0.5, 0.6) is 0 Å². The summed E-state index contributed by atoms with van der Waals surface area (Å²) in [6.45, 7) is 1.01. The van der Waals surface area contributed by atoms with Crippen molar-refractivity contribution in [1.82, 2.24) is 14.1 Å². The highest BCUT2D eigenvalue weighted by molar-refractivity contribution is 6.07. The molecule has 0 amide bonds. The Balaban J connectivity index is 1.37. The van der Waals surface area contributed by atoms with Crippen molar-refractivity contribution < 1.29 is 5.11 Å². The van der Waals surface area contributed by atoms with Crippen LogP contribution in [0.25, 0.3) is 32.8 Å². The zero-order chi connectivity index (χ0) is 22.2. The number of nitrogens with zero attached hydrogens (tertiary/aromatic N) is 3. The first-order valence-electron chi connectivity index (χ1n) is 11.4. The van der Waals surface area contributed by atoms with Gasteiger partial charge in [0.15, 0.2) is 0 Å². The van der Waals surface area contributed by atoms with E-state index in [9.17, 15) is 5.11 Å². The van der Waals surface area contributed by atoms with E-state index in [1.807, 2.05) is 24.3 Å². The monoisotopic (exact) mass is 431 g/mol. The second-order valence-corrected chi connectivity index (χ2v) is 8.59. The van der Waals surface area contributed by atoms with E-state index in [0.717, 1.165) is 34.3 Å². The third-order valence-corrected chi connectivity index (χ3v) is 6.41. The first-order chi connectivity index (χ1) is 16.3. The fraction of sp³-hybridized carbons (Fsp3) is 0.138. The number of hydrogen-bond acceptors (Lipinski definition) is 2. The molecule has 2 heterocycles. The molecule has 1 atom stereocenters. The summed E-state index contributed by atoms with van der Waals surface area (Å²) in [4.78, 5) is 4.90. The molecule has 0 saturated carbocycles. The molecular formula is C29H25N3O. The number of rotatable bonds is 6. The minimum atomic E-state index is -0.559. The van der Waals surface area contributed by atoms with Crippen molar-refractivity contribution in [2.75, 3.05) is 0 Å². The van der Waals surface area contributed by atoms with Crippen molar-refractivity contribution in [3.05, 3.63) is 115 Å². The summed E-state index contributed by atoms with van der Waals surface area (Å²) in [6, 6.07) is 35.4. The fourth-order valence-electron chi connectivity index (χ4n) is 4.92. The molecular weight excluding hydrogens is 406 g/mol. The molecule has 0 aliphatic heterocycles. The molecule has 6 rings (SSSR count). The molecule has 6 aromatic rings. The van der Waals surface area contributed by atoms with Gasteiger partial charge in [0, 0.05) is 28.2 Å². The van der Waals surface area contributed by atoms with Crippen molar-refractivity contribution in [1.29, 1.82) is 0 Å². The summed E-state index contributed by atoms with van der Waals surface area (Å²) in [7, 11) is 0. The van der Waals surface area contributed by atoms with E-state index in [-0.39, 0.29) is 0 Å². The number of benzene rings is 4. The quantitative estimate of drug-likeness (QED) is 0.362. The van der Waals surface area contributed by atoms with Gasteiger partial charge in [-0.25, -0.2) is 4.98 Å². The van der Waals surface area contributed by atoms with Gasteiger partial charge in [0.1, 0.15) is 5.82 Å². The zero-order valence-corrected chi connectivity index (χ0v) is 18.3. The van der Waals surface area contributed by atoms with Gasteiger partial charge in [0.05, 0.1) is 30.2 Å². The maximum atomic E-state index is 11.3. The zero-order valence-electron chi connectivity index (χ0n) is 18.3. The van der Waals surface area contributed by atoms with Crippen LogP contribution in [0, 0.1) is 0 Å². The average molecular weight is 432 g/mol. The largest absolute Gasteiger partial charge is 0.389 e. The van der Waals surface area contributed by atoms with Gasteiger partial charge in [0.25, 0.3) is 0 Å². The number of aliphatic hydroxyl groups is 1. The van der Waals surface area contributed by atoms with Crippen LogP contribution in [0.3, 0.4) is 0 Å². The topological polar surface area (TPSA) is 43.0 Å². The van der Waals surface area contributed by atoms with Gasteiger partial charge in [-0.05, 0) is 29.8 Å². The molecule has 0 bridgehead atoms. The number of imidazole rings is 1. The van der Waals surface area contributed by atoms with E-state index in [2.05, 4.69) is 88.0 Å². The Hall–Kier alpha value is -3.89. The third-order valence-electron chi connectivity index (χ3n) is 6.41. The van der Waals surface area contributed by atoms with Crippen LogP contribution in [0.15, 0.2) is 103 Å². The van der Waals surface area contributed by atoms with Gasteiger partial charge in [-0.3, -0.25) is 0 Å². The normalized spacial score (nSPS) is 12.6. The molecule has 4 heteroatoms. The third kappa shape index (κ3) is 3.59. The molecule has 0 aliphatic carbocycles. The molecule has 1 N–H and O–H groups in total. The molecule has 0 spiro atoms. The molecule has 162 valence electrons. The molecule has 0 fully saturated rings. The van der Waals surface area contributed by atoms with E-state index >= 15 is 0 Å². The van der Waals surface area contributed by atoms with Crippen LogP contribution in [-0.4, -0.2) is 25.3 Å². The highest BCUT2D eigenvalue weighted by atomic mass is 16.3. The fourth-order valence-corrected chi connectivity index (χ4v) is 4.92. The summed E-state index contributed by atoms with van der Waals surface area (Å²) in [5.74, 6) is 0.976. The summed E-state index contributed by atoms with van der Waals surface area (Å²) in [6.07, 6.45) is 0.175. The number of para-hydroxylation sites is 4. The predicted molar refractivity (Wildman–Crippen MR) is 134 cm³/mol. The molecule has 4 aromatic carbocycles. The Bertz CT molecular complexity index is 1510. The lowest BCUT2D eigenvalue weighted by Gasteiger charge is -2.17. The van der Waals surface area contributed by atoms with Crippen LogP contribution in [0.4, 0.5) is 0 Å². The Morgan fingerprint density at radius 1 is 0.606 bits per heavy atom. The highest BCUT2D eigenvalue weighted by Crippen LogP contribution is 2.29. The van der Waals surface area contributed by atoms with Crippen LogP contribution in [0.1, 0.15) is 11.4 Å². The Morgan fingerprint density at radius 2 is 1.15 bits per heavy atom. The average Bonchev–Trinajstić information content (AvgIpc) is 3.36. The van der Waals surface area contributed by atoms with Gasteiger partial charge in [0.2, 0.25) is 0 Å². The molecule has 0 aliphatic rings. The van der Waals surface area contributed by atoms with Gasteiger partial charge in [-0.15, -0.1) is 0 Å². The summed E-state index contributed by atoms with van der Waals surface area (Å²) >= 11 is 0. The van der Waals surface area contributed by atoms with E-state index in [4.69, 9.17) is 4.98 Å². The predicted octanol–water partition coefficient (Wildman–Crippen LogP) is 5.80. The van der Waals surface area contributed by atoms with Crippen LogP contribution < -0.4 is 0 Å². The number of aromatic nitrogens is 3. The summed E-state index contributed by atoms with van der Waals surface area (Å²) in [5.41, 5.74) is 5.54. The lowest BCUT2D eigenvalue weighted by atomic mass is 10.1. The van der Waals surface area contributed by atoms with Crippen LogP contribution in [-0.2, 0) is 19.5 Å². The van der Waals surface area contributed by atoms with E-state index in [1.165, 1.54) is 16.3 Å². The minimum Gasteiger partial charge on any atom is -0.389 e. The van der Waals surface area contributed by atoms with Crippen LogP contribution >= 0.6 is 0 Å². The van der Waals surface area contributed by atoms with Crippen LogP contribution in [0.2, 0.25) is 0 Å². The maximum Gasteiger partial charge on any atom is 0.114 e. The second kappa shape index (κ2) is 8.23. The van der Waals surface area contributed by atoms with E-state index < -0.39 is 6.10 Å². The van der Waals surface area contributed by atoms with E-state index in [0.29, 0.717) is 13.1 Å². The van der Waals surface area contributed by atoms with Crippen molar-refractivity contribution >= 4 is 32.8 Å². The highest BCUT2D eigenvalue weighted by Gasteiger charge is 2.17. The Morgan fingerprint density at radius 3 is 1.85 bits per heavy atom. The molecule has 0 unspecified atom stereocenters. The maximum absolute atomic E-state index is 11.3. The Labute approximate surface area is 192 Å². The van der Waals surface area contributed by atoms with Gasteiger partial charge >= 0.3 is 0 Å². The first kappa shape index (κ1) is 19.8. The molecule has 2 aromatic heterocycles. The minimum absolute atomic E-state index is 0.490. The molecule has 33 heavy (non-hydrogen) atoms. The lowest BCUT2D eigenvalue weighted by Crippen LogP contribution is -2.23. The molecule has 4 nitrogen and oxygen atoms in total. The standard InChI is InChI=1S/C29H25N3O/c33-22(19-31-26-15-7-4-12-23(26)24-13-5-8-16-27(24)31)20-32-28-17-9-6-14-25(28)30-29(32)18-21-10-2-1-3-11-21/h1-17,22,33H,18-20H2/t22-/m1/s1. The molecule has 0 saturated heterocycles. The molecule has 0 radical (unpaired) electrons. The van der Waals surface area contributed by atoms with Crippen molar-refractivity contribution in [3.63, 3.8) is 0 Å². The number of fused-ring (bicyclic) bond motifs is 4. The first-order valence-corrected chi connectivity index (χ1v) is 11.4. The van der Waals surface area contributed by atoms with Gasteiger partial charge in [-0.2, -0.15) is 0 Å². The SMILES string of the molecule is O[C@@H](Cn1c(Cc2ccccc2)nc2ccccc21)Cn1c2ccccc2c2ccccc21. The van der Waals surface area contributed by atoms with Crippen molar-refractivity contribution in [3.8, 4) is 0 Å². The number of hydrogen-bond donors (Lipinski definition) is 1. The Kier molecular flexibility index (Phi) is 4.93. The lowest BCUT2D eigenvalue weighted by molar-refractivity contribution is 0.137. The van der Waals surface area contributed by atoms with Crippen molar-refractivity contribution in [2.45, 2.75) is 25.6 Å². The number of aliphatic hydroxyl groups excluding tert-OH is 1. The van der Waals surface area contributed by atoms with E-state index in [1.54, 1.807) is 0 Å². The van der Waals surface area contributed by atoms with Gasteiger partial charge in [-0.1, -0.05) is 78.9 Å².